The van der Waals surface area contributed by atoms with Crippen molar-refractivity contribution in [1.82, 2.24) is 14.8 Å². The fraction of sp³-hybridized carbons (Fsp3) is 0.231. The van der Waals surface area contributed by atoms with Crippen LogP contribution in [0.5, 0.6) is 0 Å². The van der Waals surface area contributed by atoms with Crippen molar-refractivity contribution in [1.29, 1.82) is 0 Å². The summed E-state index contributed by atoms with van der Waals surface area (Å²) < 4.78 is 27.1. The Bertz CT molecular complexity index is 1290. The highest BCUT2D eigenvalue weighted by molar-refractivity contribution is 6.09. The summed E-state index contributed by atoms with van der Waals surface area (Å²) in [7, 11) is 2.06. The maximum Gasteiger partial charge on any atom is 0.255 e. The number of aromatic nitrogens is 1. The number of amidine groups is 1. The number of nitrogens with two attached hydrogens (primary N) is 1. The number of hydrogen-bond donors (Lipinski definition) is 3. The normalized spacial score (nSPS) is 15.4. The van der Waals surface area contributed by atoms with E-state index in [9.17, 15) is 13.6 Å². The van der Waals surface area contributed by atoms with E-state index in [0.717, 1.165) is 38.3 Å². The molecular weight excluding hydrogens is 478 g/mol. The number of carbonyl (C=O) groups is 1. The number of halogens is 2. The molecule has 0 spiro atoms. The molecule has 2 aromatic carbocycles. The predicted molar refractivity (Wildman–Crippen MR) is 141 cm³/mol. The zero-order chi connectivity index (χ0) is 26.2. The number of guanidine groups is 1. The molecule has 2 heterocycles. The Morgan fingerprint density at radius 3 is 2.46 bits per heavy atom. The number of amides is 1. The minimum atomic E-state index is -1.03. The molecular formula is C26H28F2N8O. The molecule has 11 heteroatoms. The number of anilines is 2. The molecule has 1 amide bonds. The number of para-hydroxylation sites is 1. The minimum absolute atomic E-state index is 0.0542. The van der Waals surface area contributed by atoms with Crippen molar-refractivity contribution in [3.8, 4) is 0 Å². The first-order valence-corrected chi connectivity index (χ1v) is 11.7. The molecule has 1 aliphatic rings. The van der Waals surface area contributed by atoms with Gasteiger partial charge in [0.25, 0.3) is 5.91 Å². The average molecular weight is 507 g/mol. The number of rotatable bonds is 6. The first-order valence-electron chi connectivity index (χ1n) is 11.7. The highest BCUT2D eigenvalue weighted by atomic mass is 19.2. The van der Waals surface area contributed by atoms with E-state index in [2.05, 4.69) is 42.4 Å². The van der Waals surface area contributed by atoms with Crippen LogP contribution in [0.2, 0.25) is 0 Å². The van der Waals surface area contributed by atoms with Gasteiger partial charge in [0.1, 0.15) is 11.7 Å². The Hall–Kier alpha value is -4.22. The Morgan fingerprint density at radius 1 is 0.973 bits per heavy atom. The Balaban J connectivity index is 1.55. The summed E-state index contributed by atoms with van der Waals surface area (Å²) in [5.41, 5.74) is 7.34. The van der Waals surface area contributed by atoms with Gasteiger partial charge in [0.05, 0.1) is 6.67 Å². The van der Waals surface area contributed by atoms with Crippen molar-refractivity contribution in [3.05, 3.63) is 89.6 Å². The smallest absolute Gasteiger partial charge is 0.255 e. The highest BCUT2D eigenvalue weighted by Crippen LogP contribution is 2.13. The maximum absolute atomic E-state index is 13.7. The van der Waals surface area contributed by atoms with Gasteiger partial charge in [0.15, 0.2) is 11.6 Å². The van der Waals surface area contributed by atoms with Crippen LogP contribution in [0.15, 0.2) is 76.8 Å². The third-order valence-corrected chi connectivity index (χ3v) is 5.75. The van der Waals surface area contributed by atoms with Crippen molar-refractivity contribution < 1.29 is 13.6 Å². The SMILES string of the molecule is CN1CCN(CN=C(N=C(N)c2ccc(F)c(F)c2)Nc2cc(C(=O)Nc3ccccc3)ccn2)CC1. The molecule has 3 aromatic rings. The second-order valence-corrected chi connectivity index (χ2v) is 8.55. The van der Waals surface area contributed by atoms with Crippen LogP contribution >= 0.6 is 0 Å². The van der Waals surface area contributed by atoms with Gasteiger partial charge in [-0.1, -0.05) is 18.2 Å². The molecule has 0 saturated carbocycles. The summed E-state index contributed by atoms with van der Waals surface area (Å²) in [6, 6.07) is 15.5. The average Bonchev–Trinajstić information content (AvgIpc) is 2.90. The van der Waals surface area contributed by atoms with Crippen LogP contribution in [0.4, 0.5) is 20.3 Å². The van der Waals surface area contributed by atoms with E-state index in [1.807, 2.05) is 18.2 Å². The third-order valence-electron chi connectivity index (χ3n) is 5.75. The van der Waals surface area contributed by atoms with E-state index >= 15 is 0 Å². The van der Waals surface area contributed by atoms with E-state index in [-0.39, 0.29) is 23.3 Å². The van der Waals surface area contributed by atoms with Gasteiger partial charge in [0.2, 0.25) is 5.96 Å². The number of piperazine rings is 1. The van der Waals surface area contributed by atoms with Crippen LogP contribution in [0.3, 0.4) is 0 Å². The van der Waals surface area contributed by atoms with Crippen LogP contribution in [0.25, 0.3) is 0 Å². The number of pyridine rings is 1. The van der Waals surface area contributed by atoms with Crippen LogP contribution in [-0.4, -0.2) is 72.4 Å². The molecule has 1 aliphatic heterocycles. The summed E-state index contributed by atoms with van der Waals surface area (Å²) in [5.74, 6) is -1.93. The largest absolute Gasteiger partial charge is 0.383 e. The standard InChI is InChI=1S/C26H28F2N8O/c1-35-11-13-36(14-12-35)17-31-26(34-24(29)18-7-8-21(27)22(28)15-18)33-23-16-19(9-10-30-23)25(37)32-20-5-3-2-4-6-20/h2-10,15-16H,11-14,17H2,1H3,(H,32,37)(H3,29,30,31,33,34). The van der Waals surface area contributed by atoms with E-state index < -0.39 is 11.6 Å². The van der Waals surface area contributed by atoms with Crippen LogP contribution in [-0.2, 0) is 0 Å². The van der Waals surface area contributed by atoms with E-state index in [1.165, 1.54) is 12.3 Å². The number of carbonyl (C=O) groups excluding carboxylic acids is 1. The number of aliphatic imine (C=N–C) groups is 2. The number of benzene rings is 2. The lowest BCUT2D eigenvalue weighted by Gasteiger charge is -2.31. The summed E-state index contributed by atoms with van der Waals surface area (Å²) >= 11 is 0. The zero-order valence-corrected chi connectivity index (χ0v) is 20.4. The molecule has 4 rings (SSSR count). The van der Waals surface area contributed by atoms with Gasteiger partial charge in [0, 0.05) is 49.2 Å². The molecule has 192 valence electrons. The molecule has 0 atom stereocenters. The molecule has 9 nitrogen and oxygen atoms in total. The van der Waals surface area contributed by atoms with Gasteiger partial charge in [-0.3, -0.25) is 9.69 Å². The van der Waals surface area contributed by atoms with Gasteiger partial charge in [-0.25, -0.2) is 18.8 Å². The molecule has 0 unspecified atom stereocenters. The second kappa shape index (κ2) is 12.2. The number of nitrogens with one attached hydrogen (secondary N) is 2. The maximum atomic E-state index is 13.7. The van der Waals surface area contributed by atoms with Crippen LogP contribution < -0.4 is 16.4 Å². The molecule has 4 N–H and O–H groups in total. The van der Waals surface area contributed by atoms with E-state index in [0.29, 0.717) is 23.7 Å². The Morgan fingerprint density at radius 2 is 1.73 bits per heavy atom. The summed E-state index contributed by atoms with van der Waals surface area (Å²) in [4.78, 5) is 30.2. The molecule has 0 bridgehead atoms. The molecule has 0 aliphatic carbocycles. The van der Waals surface area contributed by atoms with Crippen LogP contribution in [0, 0.1) is 11.6 Å². The fourth-order valence-corrected chi connectivity index (χ4v) is 3.57. The summed E-state index contributed by atoms with van der Waals surface area (Å²) in [6.07, 6.45) is 1.49. The number of nitrogens with zero attached hydrogens (tertiary/aromatic N) is 5. The lowest BCUT2D eigenvalue weighted by molar-refractivity contribution is 0.102. The first-order chi connectivity index (χ1) is 17.9. The van der Waals surface area contributed by atoms with Crippen molar-refractivity contribution in [2.75, 3.05) is 50.5 Å². The summed E-state index contributed by atoms with van der Waals surface area (Å²) in [5, 5.41) is 5.82. The van der Waals surface area contributed by atoms with Gasteiger partial charge in [-0.05, 0) is 49.5 Å². The third kappa shape index (κ3) is 7.38. The Kier molecular flexibility index (Phi) is 8.49. The van der Waals surface area contributed by atoms with Crippen molar-refractivity contribution in [3.63, 3.8) is 0 Å². The summed E-state index contributed by atoms with van der Waals surface area (Å²) in [6.45, 7) is 3.85. The highest BCUT2D eigenvalue weighted by Gasteiger charge is 2.14. The van der Waals surface area contributed by atoms with Gasteiger partial charge in [-0.15, -0.1) is 0 Å². The number of hydrogen-bond acceptors (Lipinski definition) is 5. The number of likely N-dealkylation sites (N-methyl/N-ethyl adjacent to an activating group) is 1. The molecule has 1 saturated heterocycles. The van der Waals surface area contributed by atoms with Gasteiger partial charge in [-0.2, -0.15) is 4.99 Å². The molecule has 0 radical (unpaired) electrons. The lowest BCUT2D eigenvalue weighted by Crippen LogP contribution is -2.44. The topological polar surface area (TPSA) is 111 Å². The van der Waals surface area contributed by atoms with Gasteiger partial charge >= 0.3 is 0 Å². The second-order valence-electron chi connectivity index (χ2n) is 8.55. The van der Waals surface area contributed by atoms with Crippen LogP contribution in [0.1, 0.15) is 15.9 Å². The first kappa shape index (κ1) is 25.9. The quantitative estimate of drug-likeness (QED) is 0.350. The predicted octanol–water partition coefficient (Wildman–Crippen LogP) is 2.99. The van der Waals surface area contributed by atoms with Crippen molar-refractivity contribution in [2.24, 2.45) is 15.7 Å². The van der Waals surface area contributed by atoms with E-state index in [1.54, 1.807) is 24.3 Å². The fourth-order valence-electron chi connectivity index (χ4n) is 3.57. The molecule has 1 aromatic heterocycles. The van der Waals surface area contributed by atoms with Gasteiger partial charge < -0.3 is 21.3 Å². The monoisotopic (exact) mass is 506 g/mol. The van der Waals surface area contributed by atoms with E-state index in [4.69, 9.17) is 5.73 Å². The lowest BCUT2D eigenvalue weighted by atomic mass is 10.2. The zero-order valence-electron chi connectivity index (χ0n) is 20.4. The molecule has 37 heavy (non-hydrogen) atoms. The van der Waals surface area contributed by atoms with Crippen molar-refractivity contribution in [2.45, 2.75) is 0 Å². The molecule has 1 fully saturated rings. The Labute approximate surface area is 213 Å². The minimum Gasteiger partial charge on any atom is -0.383 e. The van der Waals surface area contributed by atoms with Crippen molar-refractivity contribution >= 4 is 29.2 Å².